The van der Waals surface area contributed by atoms with Crippen molar-refractivity contribution in [2.45, 2.75) is 6.42 Å². The molecule has 0 atom stereocenters. The third-order valence-corrected chi connectivity index (χ3v) is 2.81. The van der Waals surface area contributed by atoms with Gasteiger partial charge in [0.15, 0.2) is 0 Å². The maximum absolute atomic E-state index is 11.5. The second-order valence-corrected chi connectivity index (χ2v) is 4.35. The summed E-state index contributed by atoms with van der Waals surface area (Å²) in [5.41, 5.74) is 1.28. The Balaban J connectivity index is 2.34. The van der Waals surface area contributed by atoms with E-state index in [0.29, 0.717) is 5.75 Å². The molecule has 0 aromatic heterocycles. The second kappa shape index (κ2) is 6.51. The van der Waals surface area contributed by atoms with E-state index in [0.717, 1.165) is 13.0 Å². The van der Waals surface area contributed by atoms with Crippen LogP contribution < -0.4 is 0 Å². The molecule has 1 aromatic rings. The molecule has 0 heterocycles. The van der Waals surface area contributed by atoms with Crippen molar-refractivity contribution in [1.82, 2.24) is 4.90 Å². The second-order valence-electron chi connectivity index (χ2n) is 3.48. The molecule has 15 heavy (non-hydrogen) atoms. The van der Waals surface area contributed by atoms with Crippen LogP contribution in [0.15, 0.2) is 30.3 Å². The fourth-order valence-corrected chi connectivity index (χ4v) is 1.77. The molecular formula is C12H17NOS. The predicted octanol–water partition coefficient (Wildman–Crippen LogP) is 2.05. The van der Waals surface area contributed by atoms with E-state index in [-0.39, 0.29) is 5.91 Å². The molecule has 0 aliphatic carbocycles. The number of thioether (sulfide) groups is 1. The van der Waals surface area contributed by atoms with Crippen molar-refractivity contribution in [2.24, 2.45) is 0 Å². The Morgan fingerprint density at radius 3 is 2.60 bits per heavy atom. The van der Waals surface area contributed by atoms with Gasteiger partial charge in [-0.3, -0.25) is 4.79 Å². The third-order valence-electron chi connectivity index (χ3n) is 2.27. The molecule has 3 heteroatoms. The first-order valence-electron chi connectivity index (χ1n) is 5.01. The molecule has 0 aliphatic rings. The summed E-state index contributed by atoms with van der Waals surface area (Å²) in [7, 11) is 1.86. The van der Waals surface area contributed by atoms with Crippen LogP contribution in [0, 0.1) is 0 Å². The number of carbonyl (C=O) groups excluding carboxylic acids is 1. The first kappa shape index (κ1) is 12.1. The molecule has 0 spiro atoms. The summed E-state index contributed by atoms with van der Waals surface area (Å²) < 4.78 is 0. The van der Waals surface area contributed by atoms with Gasteiger partial charge in [-0.2, -0.15) is 11.8 Å². The lowest BCUT2D eigenvalue weighted by atomic mass is 10.1. The lowest BCUT2D eigenvalue weighted by Gasteiger charge is -2.16. The number of benzene rings is 1. The van der Waals surface area contributed by atoms with E-state index >= 15 is 0 Å². The number of rotatable bonds is 5. The van der Waals surface area contributed by atoms with Gasteiger partial charge in [0, 0.05) is 13.6 Å². The summed E-state index contributed by atoms with van der Waals surface area (Å²) in [6.45, 7) is 0.795. The molecule has 0 bridgehead atoms. The SMILES string of the molecule is CSCC(=O)N(C)CCc1ccccc1. The number of hydrogen-bond acceptors (Lipinski definition) is 2. The highest BCUT2D eigenvalue weighted by Gasteiger charge is 2.06. The van der Waals surface area contributed by atoms with Gasteiger partial charge in [-0.25, -0.2) is 0 Å². The molecule has 0 fully saturated rings. The lowest BCUT2D eigenvalue weighted by molar-refractivity contribution is -0.127. The van der Waals surface area contributed by atoms with Crippen LogP contribution in [0.4, 0.5) is 0 Å². The van der Waals surface area contributed by atoms with Crippen LogP contribution in [-0.2, 0) is 11.2 Å². The first-order chi connectivity index (χ1) is 7.24. The molecule has 0 unspecified atom stereocenters. The van der Waals surface area contributed by atoms with Gasteiger partial charge in [0.05, 0.1) is 5.75 Å². The number of carbonyl (C=O) groups is 1. The topological polar surface area (TPSA) is 20.3 Å². The highest BCUT2D eigenvalue weighted by Crippen LogP contribution is 2.02. The van der Waals surface area contributed by atoms with Gasteiger partial charge in [0.1, 0.15) is 0 Å². The minimum absolute atomic E-state index is 0.207. The molecule has 2 nitrogen and oxygen atoms in total. The van der Waals surface area contributed by atoms with E-state index in [4.69, 9.17) is 0 Å². The van der Waals surface area contributed by atoms with Gasteiger partial charge in [0.2, 0.25) is 5.91 Å². The Morgan fingerprint density at radius 1 is 1.33 bits per heavy atom. The maximum Gasteiger partial charge on any atom is 0.232 e. The van der Waals surface area contributed by atoms with Crippen LogP contribution in [-0.4, -0.2) is 36.4 Å². The maximum atomic E-state index is 11.5. The van der Waals surface area contributed by atoms with Crippen LogP contribution in [0.2, 0.25) is 0 Å². The summed E-state index contributed by atoms with van der Waals surface area (Å²) in [6, 6.07) is 10.2. The zero-order valence-corrected chi connectivity index (χ0v) is 10.1. The van der Waals surface area contributed by atoms with Gasteiger partial charge in [-0.1, -0.05) is 30.3 Å². The van der Waals surface area contributed by atoms with Crippen LogP contribution in [0.25, 0.3) is 0 Å². The Bertz CT molecular complexity index is 300. The van der Waals surface area contributed by atoms with Crippen molar-refractivity contribution >= 4 is 17.7 Å². The molecule has 0 saturated carbocycles. The monoisotopic (exact) mass is 223 g/mol. The molecule has 0 radical (unpaired) electrons. The minimum Gasteiger partial charge on any atom is -0.345 e. The van der Waals surface area contributed by atoms with Crippen LogP contribution >= 0.6 is 11.8 Å². The summed E-state index contributed by atoms with van der Waals surface area (Å²) in [5.74, 6) is 0.782. The van der Waals surface area contributed by atoms with E-state index in [1.807, 2.05) is 31.5 Å². The van der Waals surface area contributed by atoms with E-state index < -0.39 is 0 Å². The largest absolute Gasteiger partial charge is 0.345 e. The van der Waals surface area contributed by atoms with Gasteiger partial charge in [-0.15, -0.1) is 0 Å². The predicted molar refractivity (Wildman–Crippen MR) is 66.2 cm³/mol. The summed E-state index contributed by atoms with van der Waals surface area (Å²) >= 11 is 1.57. The van der Waals surface area contributed by atoms with Gasteiger partial charge >= 0.3 is 0 Å². The molecule has 0 saturated heterocycles. The van der Waals surface area contributed by atoms with Crippen LogP contribution in [0.3, 0.4) is 0 Å². The normalized spacial score (nSPS) is 10.0. The number of nitrogens with zero attached hydrogens (tertiary/aromatic N) is 1. The Kier molecular flexibility index (Phi) is 5.26. The Morgan fingerprint density at radius 2 is 2.00 bits per heavy atom. The van der Waals surface area contributed by atoms with Crippen LogP contribution in [0.5, 0.6) is 0 Å². The third kappa shape index (κ3) is 4.38. The molecule has 1 rings (SSSR count). The highest BCUT2D eigenvalue weighted by molar-refractivity contribution is 7.99. The zero-order valence-electron chi connectivity index (χ0n) is 9.27. The zero-order chi connectivity index (χ0) is 11.1. The summed E-state index contributed by atoms with van der Waals surface area (Å²) in [6.07, 6.45) is 2.88. The van der Waals surface area contributed by atoms with E-state index in [1.54, 1.807) is 16.7 Å². The van der Waals surface area contributed by atoms with Gasteiger partial charge in [-0.05, 0) is 18.2 Å². The standard InChI is InChI=1S/C12H17NOS/c1-13(12(14)10-15-2)9-8-11-6-4-3-5-7-11/h3-7H,8-10H2,1-2H3. The van der Waals surface area contributed by atoms with E-state index in [9.17, 15) is 4.79 Å². The Hall–Kier alpha value is -0.960. The molecule has 1 amide bonds. The molecule has 1 aromatic carbocycles. The average Bonchev–Trinajstić information content (AvgIpc) is 2.27. The Labute approximate surface area is 95.7 Å². The molecule has 0 aliphatic heterocycles. The van der Waals surface area contributed by atoms with Gasteiger partial charge in [0.25, 0.3) is 0 Å². The van der Waals surface area contributed by atoms with Crippen molar-refractivity contribution in [1.29, 1.82) is 0 Å². The first-order valence-corrected chi connectivity index (χ1v) is 6.40. The molecule has 0 N–H and O–H groups in total. The fraction of sp³-hybridized carbons (Fsp3) is 0.417. The molecular weight excluding hydrogens is 206 g/mol. The smallest absolute Gasteiger partial charge is 0.232 e. The highest BCUT2D eigenvalue weighted by atomic mass is 32.2. The van der Waals surface area contributed by atoms with E-state index in [2.05, 4.69) is 12.1 Å². The quantitative estimate of drug-likeness (QED) is 0.761. The minimum atomic E-state index is 0.207. The number of hydrogen-bond donors (Lipinski definition) is 0. The number of amides is 1. The van der Waals surface area contributed by atoms with Crippen molar-refractivity contribution < 1.29 is 4.79 Å². The van der Waals surface area contributed by atoms with Crippen molar-refractivity contribution in [2.75, 3.05) is 25.6 Å². The average molecular weight is 223 g/mol. The summed E-state index contributed by atoms with van der Waals surface area (Å²) in [5, 5.41) is 0. The van der Waals surface area contributed by atoms with Crippen molar-refractivity contribution in [3.63, 3.8) is 0 Å². The fourth-order valence-electron chi connectivity index (χ4n) is 1.30. The number of likely N-dealkylation sites (N-methyl/N-ethyl adjacent to an activating group) is 1. The molecule has 82 valence electrons. The van der Waals surface area contributed by atoms with Gasteiger partial charge < -0.3 is 4.90 Å². The lowest BCUT2D eigenvalue weighted by Crippen LogP contribution is -2.30. The van der Waals surface area contributed by atoms with E-state index in [1.165, 1.54) is 5.56 Å². The van der Waals surface area contributed by atoms with Crippen molar-refractivity contribution in [3.05, 3.63) is 35.9 Å². The van der Waals surface area contributed by atoms with Crippen molar-refractivity contribution in [3.8, 4) is 0 Å². The van der Waals surface area contributed by atoms with Crippen LogP contribution in [0.1, 0.15) is 5.56 Å². The summed E-state index contributed by atoms with van der Waals surface area (Å²) in [4.78, 5) is 13.3.